The van der Waals surface area contributed by atoms with Gasteiger partial charge in [-0.1, -0.05) is 49.3 Å². The molecule has 5 heteroatoms. The largest absolute Gasteiger partial charge is 0.390 e. The summed E-state index contributed by atoms with van der Waals surface area (Å²) in [6.07, 6.45) is 1.30. The smallest absolute Gasteiger partial charge is 0.292 e. The Balaban J connectivity index is 1.73. The molecule has 1 aliphatic heterocycles. The van der Waals surface area contributed by atoms with Crippen LogP contribution in [0.1, 0.15) is 54.9 Å². The highest BCUT2D eigenvalue weighted by Gasteiger charge is 2.39. The number of amides is 1. The summed E-state index contributed by atoms with van der Waals surface area (Å²) in [5.74, 6) is 0.343. The summed E-state index contributed by atoms with van der Waals surface area (Å²) in [6.45, 7) is 6.93. The van der Waals surface area contributed by atoms with Crippen molar-refractivity contribution in [1.29, 1.82) is 0 Å². The van der Waals surface area contributed by atoms with E-state index in [1.807, 2.05) is 39.0 Å². The van der Waals surface area contributed by atoms with Gasteiger partial charge in [0.25, 0.3) is 5.91 Å². The molecule has 2 atom stereocenters. The maximum Gasteiger partial charge on any atom is 0.292 e. The standard InChI is InChI=1S/C20H26N2O3/c1-14(2)17-12-18(25-21-17)19(23)22-10-9-20(3,24)16(13-22)11-15-7-5-4-6-8-15/h4-8,12,14,16,24H,9-11,13H2,1-3H3/t16-,20+/m1/s1. The first-order chi connectivity index (χ1) is 11.9. The zero-order chi connectivity index (χ0) is 18.0. The Morgan fingerprint density at radius 1 is 1.40 bits per heavy atom. The summed E-state index contributed by atoms with van der Waals surface area (Å²) >= 11 is 0. The molecule has 25 heavy (non-hydrogen) atoms. The lowest BCUT2D eigenvalue weighted by Gasteiger charge is -2.42. The van der Waals surface area contributed by atoms with Gasteiger partial charge in [0.05, 0.1) is 11.3 Å². The number of hydrogen-bond acceptors (Lipinski definition) is 4. The van der Waals surface area contributed by atoms with Crippen LogP contribution in [0.3, 0.4) is 0 Å². The summed E-state index contributed by atoms with van der Waals surface area (Å²) in [5.41, 5.74) is 1.17. The van der Waals surface area contributed by atoms with E-state index in [0.29, 0.717) is 19.5 Å². The van der Waals surface area contributed by atoms with Crippen LogP contribution in [0.5, 0.6) is 0 Å². The van der Waals surface area contributed by atoms with E-state index in [0.717, 1.165) is 12.1 Å². The molecule has 1 amide bonds. The van der Waals surface area contributed by atoms with E-state index in [1.54, 1.807) is 11.0 Å². The van der Waals surface area contributed by atoms with Crippen LogP contribution in [0.15, 0.2) is 40.9 Å². The number of aliphatic hydroxyl groups is 1. The highest BCUT2D eigenvalue weighted by Crippen LogP contribution is 2.31. The topological polar surface area (TPSA) is 66.6 Å². The van der Waals surface area contributed by atoms with Crippen molar-refractivity contribution in [3.8, 4) is 0 Å². The molecule has 2 aromatic rings. The van der Waals surface area contributed by atoms with E-state index >= 15 is 0 Å². The number of nitrogens with zero attached hydrogens (tertiary/aromatic N) is 2. The fourth-order valence-electron chi connectivity index (χ4n) is 3.30. The van der Waals surface area contributed by atoms with Gasteiger partial charge in [0.2, 0.25) is 5.76 Å². The molecule has 2 heterocycles. The third-order valence-electron chi connectivity index (χ3n) is 5.15. The molecule has 0 saturated carbocycles. The number of piperidine rings is 1. The maximum atomic E-state index is 12.8. The average Bonchev–Trinajstić information content (AvgIpc) is 3.07. The highest BCUT2D eigenvalue weighted by molar-refractivity contribution is 5.91. The first-order valence-corrected chi connectivity index (χ1v) is 8.89. The quantitative estimate of drug-likeness (QED) is 0.926. The Morgan fingerprint density at radius 2 is 2.12 bits per heavy atom. The maximum absolute atomic E-state index is 12.8. The Labute approximate surface area is 148 Å². The number of aromatic nitrogens is 1. The van der Waals surface area contributed by atoms with Crippen molar-refractivity contribution in [1.82, 2.24) is 10.1 Å². The molecule has 0 bridgehead atoms. The molecule has 1 aromatic heterocycles. The van der Waals surface area contributed by atoms with E-state index in [4.69, 9.17) is 4.52 Å². The van der Waals surface area contributed by atoms with E-state index < -0.39 is 5.60 Å². The molecule has 134 valence electrons. The first-order valence-electron chi connectivity index (χ1n) is 8.89. The number of rotatable bonds is 4. The lowest BCUT2D eigenvalue weighted by atomic mass is 9.79. The van der Waals surface area contributed by atoms with Gasteiger partial charge in [-0.05, 0) is 31.2 Å². The SMILES string of the molecule is CC(C)c1cc(C(=O)N2CC[C@](C)(O)[C@H](Cc3ccccc3)C2)on1. The fourth-order valence-corrected chi connectivity index (χ4v) is 3.30. The number of carbonyl (C=O) groups is 1. The minimum Gasteiger partial charge on any atom is -0.390 e. The Kier molecular flexibility index (Phi) is 4.95. The van der Waals surface area contributed by atoms with Crippen LogP contribution >= 0.6 is 0 Å². The van der Waals surface area contributed by atoms with Crippen LogP contribution in [0.25, 0.3) is 0 Å². The second-order valence-electron chi connectivity index (χ2n) is 7.52. The van der Waals surface area contributed by atoms with Gasteiger partial charge in [0.15, 0.2) is 0 Å². The van der Waals surface area contributed by atoms with Gasteiger partial charge in [-0.3, -0.25) is 4.79 Å². The van der Waals surface area contributed by atoms with E-state index in [1.165, 1.54) is 5.56 Å². The van der Waals surface area contributed by atoms with E-state index in [2.05, 4.69) is 17.3 Å². The van der Waals surface area contributed by atoms with Crippen LogP contribution in [-0.4, -0.2) is 39.8 Å². The molecule has 0 aliphatic carbocycles. The van der Waals surface area contributed by atoms with Gasteiger partial charge in [-0.2, -0.15) is 0 Å². The molecule has 5 nitrogen and oxygen atoms in total. The fraction of sp³-hybridized carbons (Fsp3) is 0.500. The second kappa shape index (κ2) is 7.00. The number of benzene rings is 1. The summed E-state index contributed by atoms with van der Waals surface area (Å²) in [4.78, 5) is 14.5. The molecular weight excluding hydrogens is 316 g/mol. The first kappa shape index (κ1) is 17.7. The van der Waals surface area contributed by atoms with Crippen molar-refractivity contribution in [2.75, 3.05) is 13.1 Å². The Morgan fingerprint density at radius 3 is 2.76 bits per heavy atom. The minimum absolute atomic E-state index is 0.0138. The van der Waals surface area contributed by atoms with Crippen molar-refractivity contribution >= 4 is 5.91 Å². The third-order valence-corrected chi connectivity index (χ3v) is 5.15. The zero-order valence-corrected chi connectivity index (χ0v) is 15.1. The van der Waals surface area contributed by atoms with Crippen molar-refractivity contribution in [2.45, 2.75) is 45.1 Å². The van der Waals surface area contributed by atoms with E-state index in [-0.39, 0.29) is 23.5 Å². The molecule has 3 rings (SSSR count). The molecule has 0 radical (unpaired) electrons. The summed E-state index contributed by atoms with van der Waals surface area (Å²) in [6, 6.07) is 11.8. The number of hydrogen-bond donors (Lipinski definition) is 1. The second-order valence-corrected chi connectivity index (χ2v) is 7.52. The predicted molar refractivity (Wildman–Crippen MR) is 95.4 cm³/mol. The normalized spacial score (nSPS) is 23.9. The summed E-state index contributed by atoms with van der Waals surface area (Å²) < 4.78 is 5.24. The molecule has 1 fully saturated rings. The lowest BCUT2D eigenvalue weighted by Crippen LogP contribution is -2.52. The highest BCUT2D eigenvalue weighted by atomic mass is 16.5. The van der Waals surface area contributed by atoms with Crippen molar-refractivity contribution in [2.24, 2.45) is 5.92 Å². The molecule has 1 N–H and O–H groups in total. The Bertz CT molecular complexity index is 722. The lowest BCUT2D eigenvalue weighted by molar-refractivity contribution is -0.0513. The average molecular weight is 342 g/mol. The predicted octanol–water partition coefficient (Wildman–Crippen LogP) is 3.25. The van der Waals surface area contributed by atoms with Crippen molar-refractivity contribution in [3.63, 3.8) is 0 Å². The number of likely N-dealkylation sites (tertiary alicyclic amines) is 1. The monoisotopic (exact) mass is 342 g/mol. The molecule has 1 aliphatic rings. The molecule has 0 spiro atoms. The van der Waals surface area contributed by atoms with Crippen LogP contribution in [0, 0.1) is 5.92 Å². The van der Waals surface area contributed by atoms with Gasteiger partial charge in [0.1, 0.15) is 0 Å². The summed E-state index contributed by atoms with van der Waals surface area (Å²) in [7, 11) is 0. The molecule has 1 saturated heterocycles. The molecular formula is C20H26N2O3. The number of carbonyl (C=O) groups excluding carboxylic acids is 1. The van der Waals surface area contributed by atoms with Crippen molar-refractivity contribution in [3.05, 3.63) is 53.4 Å². The van der Waals surface area contributed by atoms with Crippen LogP contribution in [0.4, 0.5) is 0 Å². The van der Waals surface area contributed by atoms with Crippen LogP contribution in [0.2, 0.25) is 0 Å². The van der Waals surface area contributed by atoms with Gasteiger partial charge in [-0.15, -0.1) is 0 Å². The van der Waals surface area contributed by atoms with Gasteiger partial charge >= 0.3 is 0 Å². The minimum atomic E-state index is -0.781. The van der Waals surface area contributed by atoms with Gasteiger partial charge in [-0.25, -0.2) is 0 Å². The Hall–Kier alpha value is -2.14. The van der Waals surface area contributed by atoms with Gasteiger partial charge in [0, 0.05) is 25.1 Å². The third kappa shape index (κ3) is 3.93. The van der Waals surface area contributed by atoms with Crippen LogP contribution in [-0.2, 0) is 6.42 Å². The van der Waals surface area contributed by atoms with E-state index in [9.17, 15) is 9.90 Å². The van der Waals surface area contributed by atoms with Gasteiger partial charge < -0.3 is 14.5 Å². The van der Waals surface area contributed by atoms with Crippen LogP contribution < -0.4 is 0 Å². The summed E-state index contributed by atoms with van der Waals surface area (Å²) in [5, 5.41) is 14.7. The van der Waals surface area contributed by atoms with Crippen molar-refractivity contribution < 1.29 is 14.4 Å². The zero-order valence-electron chi connectivity index (χ0n) is 15.1. The molecule has 1 aromatic carbocycles. The molecule has 0 unspecified atom stereocenters.